The molecule has 0 aliphatic heterocycles. The van der Waals surface area contributed by atoms with Crippen molar-refractivity contribution in [3.63, 3.8) is 0 Å². The van der Waals surface area contributed by atoms with Gasteiger partial charge in [-0.05, 0) is 19.8 Å². The van der Waals surface area contributed by atoms with Gasteiger partial charge in [0.2, 0.25) is 0 Å². The van der Waals surface area contributed by atoms with Crippen LogP contribution in [-0.2, 0) is 7.05 Å². The van der Waals surface area contributed by atoms with E-state index >= 15 is 0 Å². The fourth-order valence-electron chi connectivity index (χ4n) is 3.12. The first-order chi connectivity index (χ1) is 8.66. The zero-order valence-electron chi connectivity index (χ0n) is 11.1. The lowest BCUT2D eigenvalue weighted by molar-refractivity contribution is 0.438. The Labute approximate surface area is 107 Å². The van der Waals surface area contributed by atoms with Gasteiger partial charge in [0.1, 0.15) is 11.5 Å². The number of nitrogens with zero attached hydrogens (tertiary/aromatic N) is 3. The van der Waals surface area contributed by atoms with E-state index in [2.05, 4.69) is 4.98 Å². The maximum Gasteiger partial charge on any atom is 0.145 e. The van der Waals surface area contributed by atoms with E-state index in [1.807, 2.05) is 24.7 Å². The molecule has 1 aliphatic carbocycles. The molecule has 4 heteroatoms. The van der Waals surface area contributed by atoms with E-state index in [0.717, 1.165) is 22.5 Å². The fraction of sp³-hybridized carbons (Fsp3) is 0.571. The zero-order chi connectivity index (χ0) is 12.7. The number of hydrogen-bond donors (Lipinski definition) is 1. The third kappa shape index (κ3) is 1.76. The molecular weight excluding hydrogens is 224 g/mol. The number of nitrogen functional groups attached to an aromatic ring is 1. The van der Waals surface area contributed by atoms with Crippen LogP contribution in [0, 0.1) is 6.92 Å². The van der Waals surface area contributed by atoms with Crippen LogP contribution in [0.3, 0.4) is 0 Å². The number of rotatable bonds is 1. The van der Waals surface area contributed by atoms with Crippen LogP contribution >= 0.6 is 0 Å². The Morgan fingerprint density at radius 1 is 1.22 bits per heavy atom. The lowest BCUT2D eigenvalue weighted by atomic mass is 9.85. The number of nitrogens with two attached hydrogens (primary N) is 1. The first kappa shape index (κ1) is 11.5. The molecule has 1 aliphatic rings. The lowest BCUT2D eigenvalue weighted by Gasteiger charge is -2.22. The minimum atomic E-state index is 0.563. The summed E-state index contributed by atoms with van der Waals surface area (Å²) in [6.45, 7) is 1.97. The van der Waals surface area contributed by atoms with Gasteiger partial charge in [-0.2, -0.15) is 0 Å². The molecule has 0 amide bonds. The molecule has 1 saturated carbocycles. The van der Waals surface area contributed by atoms with Gasteiger partial charge >= 0.3 is 0 Å². The van der Waals surface area contributed by atoms with E-state index in [9.17, 15) is 0 Å². The molecule has 18 heavy (non-hydrogen) atoms. The molecule has 2 aromatic heterocycles. The van der Waals surface area contributed by atoms with E-state index in [1.165, 1.54) is 37.8 Å². The Kier molecular flexibility index (Phi) is 2.73. The third-order valence-corrected chi connectivity index (χ3v) is 3.98. The molecule has 0 radical (unpaired) electrons. The van der Waals surface area contributed by atoms with Crippen molar-refractivity contribution < 1.29 is 0 Å². The molecule has 2 N–H and O–H groups in total. The molecule has 0 bridgehead atoms. The maximum absolute atomic E-state index is 6.13. The molecule has 4 nitrogen and oxygen atoms in total. The highest BCUT2D eigenvalue weighted by Crippen LogP contribution is 2.37. The highest BCUT2D eigenvalue weighted by atomic mass is 15.0. The minimum Gasteiger partial charge on any atom is -0.397 e. The average molecular weight is 244 g/mol. The second kappa shape index (κ2) is 4.26. The van der Waals surface area contributed by atoms with Gasteiger partial charge in [-0.3, -0.25) is 0 Å². The summed E-state index contributed by atoms with van der Waals surface area (Å²) in [5.41, 5.74) is 9.10. The summed E-state index contributed by atoms with van der Waals surface area (Å²) >= 11 is 0. The van der Waals surface area contributed by atoms with E-state index < -0.39 is 0 Å². The minimum absolute atomic E-state index is 0.563. The van der Waals surface area contributed by atoms with Gasteiger partial charge in [-0.15, -0.1) is 0 Å². The molecular formula is C14H20N4. The Morgan fingerprint density at radius 2 is 1.94 bits per heavy atom. The number of anilines is 1. The topological polar surface area (TPSA) is 56.7 Å². The smallest absolute Gasteiger partial charge is 0.145 e. The van der Waals surface area contributed by atoms with E-state index in [1.54, 1.807) is 0 Å². The van der Waals surface area contributed by atoms with Gasteiger partial charge in [0.15, 0.2) is 0 Å². The molecule has 96 valence electrons. The van der Waals surface area contributed by atoms with Crippen molar-refractivity contribution in [2.45, 2.75) is 44.9 Å². The summed E-state index contributed by atoms with van der Waals surface area (Å²) in [4.78, 5) is 9.22. The van der Waals surface area contributed by atoms with Crippen LogP contribution in [0.2, 0.25) is 0 Å². The maximum atomic E-state index is 6.13. The van der Waals surface area contributed by atoms with Crippen LogP contribution in [0.15, 0.2) is 6.20 Å². The molecule has 2 heterocycles. The summed E-state index contributed by atoms with van der Waals surface area (Å²) in [7, 11) is 2.00. The van der Waals surface area contributed by atoms with Gasteiger partial charge in [0.25, 0.3) is 0 Å². The average Bonchev–Trinajstić information content (AvgIpc) is 2.65. The number of aryl methyl sites for hydroxylation is 2. The van der Waals surface area contributed by atoms with Crippen LogP contribution in [0.4, 0.5) is 5.69 Å². The van der Waals surface area contributed by atoms with Crippen LogP contribution in [0.25, 0.3) is 11.0 Å². The Hall–Kier alpha value is -1.58. The Morgan fingerprint density at radius 3 is 2.67 bits per heavy atom. The highest BCUT2D eigenvalue weighted by molar-refractivity contribution is 5.91. The predicted octanol–water partition coefficient (Wildman–Crippen LogP) is 2.91. The molecule has 0 aromatic carbocycles. The third-order valence-electron chi connectivity index (χ3n) is 3.98. The van der Waals surface area contributed by atoms with Crippen molar-refractivity contribution in [1.29, 1.82) is 0 Å². The first-order valence-corrected chi connectivity index (χ1v) is 6.76. The Balaban J connectivity index is 2.20. The van der Waals surface area contributed by atoms with Crippen LogP contribution in [0.1, 0.15) is 49.5 Å². The standard InChI is InChI=1S/C14H20N4/c1-9-16-13(10-6-4-3-5-7-10)12-11(15)8-18(2)14(12)17-9/h8,10H,3-7,15H2,1-2H3. The van der Waals surface area contributed by atoms with Gasteiger partial charge < -0.3 is 10.3 Å². The molecule has 0 saturated heterocycles. The van der Waals surface area contributed by atoms with Crippen LogP contribution < -0.4 is 5.73 Å². The molecule has 2 aromatic rings. The first-order valence-electron chi connectivity index (χ1n) is 6.76. The van der Waals surface area contributed by atoms with Gasteiger partial charge in [0.05, 0.1) is 16.8 Å². The normalized spacial score (nSPS) is 17.4. The molecule has 1 fully saturated rings. The summed E-state index contributed by atoms with van der Waals surface area (Å²) < 4.78 is 2.01. The second-order valence-electron chi connectivity index (χ2n) is 5.38. The molecule has 0 atom stereocenters. The summed E-state index contributed by atoms with van der Waals surface area (Å²) in [5, 5.41) is 1.08. The van der Waals surface area contributed by atoms with E-state index in [-0.39, 0.29) is 0 Å². The quantitative estimate of drug-likeness (QED) is 0.839. The van der Waals surface area contributed by atoms with E-state index in [0.29, 0.717) is 5.92 Å². The second-order valence-corrected chi connectivity index (χ2v) is 5.38. The number of hydrogen-bond acceptors (Lipinski definition) is 3. The van der Waals surface area contributed by atoms with E-state index in [4.69, 9.17) is 10.7 Å². The van der Waals surface area contributed by atoms with Crippen molar-refractivity contribution in [3.8, 4) is 0 Å². The summed E-state index contributed by atoms with van der Waals surface area (Å²) in [5.74, 6) is 1.41. The zero-order valence-corrected chi connectivity index (χ0v) is 11.1. The van der Waals surface area contributed by atoms with Gasteiger partial charge in [-0.1, -0.05) is 19.3 Å². The Bertz CT molecular complexity index is 579. The van der Waals surface area contributed by atoms with Crippen molar-refractivity contribution in [2.24, 2.45) is 7.05 Å². The fourth-order valence-corrected chi connectivity index (χ4v) is 3.12. The SMILES string of the molecule is Cc1nc(C2CCCCC2)c2c(N)cn(C)c2n1. The number of aromatic nitrogens is 3. The lowest BCUT2D eigenvalue weighted by Crippen LogP contribution is -2.09. The summed E-state index contributed by atoms with van der Waals surface area (Å²) in [6.07, 6.45) is 8.39. The number of fused-ring (bicyclic) bond motifs is 1. The van der Waals surface area contributed by atoms with Crippen LogP contribution in [0.5, 0.6) is 0 Å². The summed E-state index contributed by atoms with van der Waals surface area (Å²) in [6, 6.07) is 0. The van der Waals surface area contributed by atoms with Crippen molar-refractivity contribution in [3.05, 3.63) is 17.7 Å². The predicted molar refractivity (Wildman–Crippen MR) is 73.5 cm³/mol. The monoisotopic (exact) mass is 244 g/mol. The van der Waals surface area contributed by atoms with Crippen molar-refractivity contribution in [2.75, 3.05) is 5.73 Å². The van der Waals surface area contributed by atoms with Crippen LogP contribution in [-0.4, -0.2) is 14.5 Å². The molecule has 0 spiro atoms. The van der Waals surface area contributed by atoms with Crippen molar-refractivity contribution >= 4 is 16.7 Å². The van der Waals surface area contributed by atoms with Gasteiger partial charge in [0, 0.05) is 19.2 Å². The van der Waals surface area contributed by atoms with Crippen molar-refractivity contribution in [1.82, 2.24) is 14.5 Å². The molecule has 0 unspecified atom stereocenters. The molecule has 3 rings (SSSR count). The van der Waals surface area contributed by atoms with Gasteiger partial charge in [-0.25, -0.2) is 9.97 Å². The largest absolute Gasteiger partial charge is 0.397 e. The highest BCUT2D eigenvalue weighted by Gasteiger charge is 2.22.